The first kappa shape index (κ1) is 26.0. The van der Waals surface area contributed by atoms with Gasteiger partial charge in [-0.3, -0.25) is 4.79 Å². The van der Waals surface area contributed by atoms with Crippen molar-refractivity contribution >= 4 is 17.5 Å². The van der Waals surface area contributed by atoms with Gasteiger partial charge in [0.1, 0.15) is 5.82 Å². The van der Waals surface area contributed by atoms with E-state index in [2.05, 4.69) is 53.0 Å². The molecular formula is C29H35N5O3. The molecule has 37 heavy (non-hydrogen) atoms. The summed E-state index contributed by atoms with van der Waals surface area (Å²) in [5, 5.41) is 0. The predicted octanol–water partition coefficient (Wildman–Crippen LogP) is 4.59. The normalized spacial score (nSPS) is 15.2. The summed E-state index contributed by atoms with van der Waals surface area (Å²) in [5.74, 6) is 1.64. The maximum Gasteiger partial charge on any atom is 0.221 e. The molecule has 194 valence electrons. The van der Waals surface area contributed by atoms with Gasteiger partial charge in [-0.05, 0) is 47.6 Å². The number of fused-ring (bicyclic) bond motifs is 1. The molecule has 2 aromatic carbocycles. The first-order valence-corrected chi connectivity index (χ1v) is 12.5. The van der Waals surface area contributed by atoms with Crippen LogP contribution >= 0.6 is 0 Å². The number of anilines is 2. The van der Waals surface area contributed by atoms with Gasteiger partial charge in [0, 0.05) is 37.0 Å². The maximum absolute atomic E-state index is 13.5. The van der Waals surface area contributed by atoms with Crippen LogP contribution in [0.2, 0.25) is 0 Å². The molecule has 1 aliphatic heterocycles. The topological polar surface area (TPSA) is 117 Å². The van der Waals surface area contributed by atoms with Gasteiger partial charge in [-0.15, -0.1) is 0 Å². The van der Waals surface area contributed by atoms with Crippen LogP contribution in [0.3, 0.4) is 0 Å². The molecule has 1 aliphatic rings. The van der Waals surface area contributed by atoms with Crippen LogP contribution in [0, 0.1) is 5.92 Å². The Hall–Kier alpha value is -4.07. The van der Waals surface area contributed by atoms with E-state index in [9.17, 15) is 4.79 Å². The molecule has 0 radical (unpaired) electrons. The molecular weight excluding hydrogens is 466 g/mol. The molecule has 3 aromatic rings. The minimum absolute atomic E-state index is 0.116. The lowest BCUT2D eigenvalue weighted by Crippen LogP contribution is -2.32. The average Bonchev–Trinajstić information content (AvgIpc) is 2.88. The number of nitrogens with zero attached hydrogens (tertiary/aromatic N) is 3. The minimum atomic E-state index is -0.166. The molecule has 0 amide bonds. The van der Waals surface area contributed by atoms with Crippen molar-refractivity contribution in [1.29, 1.82) is 0 Å². The Bertz CT molecular complexity index is 1300. The van der Waals surface area contributed by atoms with E-state index >= 15 is 0 Å². The number of benzene rings is 2. The van der Waals surface area contributed by atoms with Gasteiger partial charge in [0.05, 0.1) is 25.8 Å². The zero-order valence-electron chi connectivity index (χ0n) is 21.9. The smallest absolute Gasteiger partial charge is 0.221 e. The van der Waals surface area contributed by atoms with Gasteiger partial charge in [0.2, 0.25) is 5.95 Å². The number of ether oxygens (including phenoxy) is 2. The van der Waals surface area contributed by atoms with Crippen molar-refractivity contribution in [3.63, 3.8) is 0 Å². The van der Waals surface area contributed by atoms with Gasteiger partial charge >= 0.3 is 0 Å². The molecule has 1 unspecified atom stereocenters. The highest BCUT2D eigenvalue weighted by molar-refractivity contribution is 6.07. The number of ketones is 1. The van der Waals surface area contributed by atoms with Gasteiger partial charge in [-0.1, -0.05) is 38.1 Å². The van der Waals surface area contributed by atoms with E-state index in [0.29, 0.717) is 40.8 Å². The SMILES string of the molecule is COc1cc(Cc2cnc(N)nc2N)cc(C(=O)/C=C/N2CCc3ccccc3C2CC(C)C)c1OC. The van der Waals surface area contributed by atoms with Crippen LogP contribution in [-0.4, -0.2) is 41.4 Å². The number of aromatic nitrogens is 2. The van der Waals surface area contributed by atoms with Crippen molar-refractivity contribution in [2.45, 2.75) is 39.2 Å². The first-order valence-electron chi connectivity index (χ1n) is 12.5. The zero-order chi connectivity index (χ0) is 26.5. The lowest BCUT2D eigenvalue weighted by Gasteiger charge is -2.37. The number of hydrogen-bond donors (Lipinski definition) is 2. The summed E-state index contributed by atoms with van der Waals surface area (Å²) >= 11 is 0. The lowest BCUT2D eigenvalue weighted by atomic mass is 9.88. The van der Waals surface area contributed by atoms with Crippen molar-refractivity contribution in [3.8, 4) is 11.5 Å². The zero-order valence-corrected chi connectivity index (χ0v) is 21.9. The molecule has 4 N–H and O–H groups in total. The molecule has 2 heterocycles. The molecule has 0 fully saturated rings. The summed E-state index contributed by atoms with van der Waals surface area (Å²) in [6.07, 6.45) is 7.52. The second-order valence-electron chi connectivity index (χ2n) is 9.71. The Morgan fingerprint density at radius 1 is 1.19 bits per heavy atom. The highest BCUT2D eigenvalue weighted by atomic mass is 16.5. The van der Waals surface area contributed by atoms with Gasteiger partial charge < -0.3 is 25.8 Å². The predicted molar refractivity (Wildman–Crippen MR) is 146 cm³/mol. The molecule has 8 heteroatoms. The molecule has 0 aliphatic carbocycles. The Labute approximate surface area is 218 Å². The van der Waals surface area contributed by atoms with E-state index in [1.54, 1.807) is 25.4 Å². The van der Waals surface area contributed by atoms with Crippen molar-refractivity contribution in [1.82, 2.24) is 14.9 Å². The van der Waals surface area contributed by atoms with Crippen LogP contribution in [0.15, 0.2) is 54.9 Å². The average molecular weight is 502 g/mol. The molecule has 0 spiro atoms. The van der Waals surface area contributed by atoms with Crippen molar-refractivity contribution in [2.75, 3.05) is 32.2 Å². The number of carbonyl (C=O) groups excluding carboxylic acids is 1. The van der Waals surface area contributed by atoms with Crippen LogP contribution in [0.5, 0.6) is 11.5 Å². The Kier molecular flexibility index (Phi) is 7.96. The lowest BCUT2D eigenvalue weighted by molar-refractivity contribution is 0.104. The van der Waals surface area contributed by atoms with Crippen LogP contribution < -0.4 is 20.9 Å². The van der Waals surface area contributed by atoms with Crippen LogP contribution in [0.25, 0.3) is 0 Å². The fourth-order valence-electron chi connectivity index (χ4n) is 4.91. The molecule has 1 atom stereocenters. The van der Waals surface area contributed by atoms with E-state index < -0.39 is 0 Å². The highest BCUT2D eigenvalue weighted by Crippen LogP contribution is 2.36. The van der Waals surface area contributed by atoms with Gasteiger partial charge in [0.15, 0.2) is 17.3 Å². The van der Waals surface area contributed by atoms with E-state index in [1.807, 2.05) is 12.3 Å². The number of methoxy groups -OCH3 is 2. The van der Waals surface area contributed by atoms with E-state index in [0.717, 1.165) is 24.9 Å². The summed E-state index contributed by atoms with van der Waals surface area (Å²) in [4.78, 5) is 23.9. The quantitative estimate of drug-likeness (QED) is 0.323. The molecule has 8 nitrogen and oxygen atoms in total. The third kappa shape index (κ3) is 5.85. The number of carbonyl (C=O) groups is 1. The molecule has 0 bridgehead atoms. The van der Waals surface area contributed by atoms with Crippen LogP contribution in [0.1, 0.15) is 58.9 Å². The molecule has 0 saturated heterocycles. The number of allylic oxidation sites excluding steroid dienone is 1. The van der Waals surface area contributed by atoms with Crippen LogP contribution in [-0.2, 0) is 12.8 Å². The Morgan fingerprint density at radius 2 is 1.97 bits per heavy atom. The van der Waals surface area contributed by atoms with Crippen molar-refractivity contribution in [2.24, 2.45) is 5.92 Å². The summed E-state index contributed by atoms with van der Waals surface area (Å²) in [6, 6.07) is 12.5. The number of nitrogens with two attached hydrogens (primary N) is 2. The highest BCUT2D eigenvalue weighted by Gasteiger charge is 2.26. The fraction of sp³-hybridized carbons (Fsp3) is 0.345. The monoisotopic (exact) mass is 501 g/mol. The Morgan fingerprint density at radius 3 is 2.68 bits per heavy atom. The fourth-order valence-corrected chi connectivity index (χ4v) is 4.91. The van der Waals surface area contributed by atoms with Gasteiger partial charge in [-0.2, -0.15) is 4.98 Å². The third-order valence-electron chi connectivity index (χ3n) is 6.68. The first-order chi connectivity index (χ1) is 17.8. The Balaban J connectivity index is 1.64. The summed E-state index contributed by atoms with van der Waals surface area (Å²) in [5.41, 5.74) is 16.3. The largest absolute Gasteiger partial charge is 0.493 e. The molecule has 1 aromatic heterocycles. The standard InChI is InChI=1S/C29H35N5O3/c1-18(2)13-24-22-8-6-5-7-20(22)9-11-34(24)12-10-25(35)23-15-19(16-26(36-3)27(23)37-4)14-21-17-32-29(31)33-28(21)30/h5-8,10,12,15-18,24H,9,11,13-14H2,1-4H3,(H4,30,31,32,33)/b12-10+. The van der Waals surface area contributed by atoms with Crippen molar-refractivity contribution in [3.05, 3.63) is 82.7 Å². The second kappa shape index (κ2) is 11.3. The van der Waals surface area contributed by atoms with Crippen molar-refractivity contribution < 1.29 is 14.3 Å². The van der Waals surface area contributed by atoms with Crippen LogP contribution in [0.4, 0.5) is 11.8 Å². The van der Waals surface area contributed by atoms with Gasteiger partial charge in [0.25, 0.3) is 0 Å². The molecule has 0 saturated carbocycles. The maximum atomic E-state index is 13.5. The second-order valence-corrected chi connectivity index (χ2v) is 9.71. The number of hydrogen-bond acceptors (Lipinski definition) is 8. The van der Waals surface area contributed by atoms with E-state index in [1.165, 1.54) is 18.2 Å². The summed E-state index contributed by atoms with van der Waals surface area (Å²) in [7, 11) is 3.08. The molecule has 4 rings (SSSR count). The van der Waals surface area contributed by atoms with E-state index in [-0.39, 0.29) is 17.8 Å². The number of rotatable bonds is 9. The van der Waals surface area contributed by atoms with Gasteiger partial charge in [-0.25, -0.2) is 4.98 Å². The third-order valence-corrected chi connectivity index (χ3v) is 6.68. The summed E-state index contributed by atoms with van der Waals surface area (Å²) in [6.45, 7) is 5.31. The van der Waals surface area contributed by atoms with E-state index in [4.69, 9.17) is 20.9 Å². The minimum Gasteiger partial charge on any atom is -0.493 e. The summed E-state index contributed by atoms with van der Waals surface area (Å²) < 4.78 is 11.1. The number of nitrogen functional groups attached to an aromatic ring is 2.